The summed E-state index contributed by atoms with van der Waals surface area (Å²) in [6.07, 6.45) is 5.01. The van der Waals surface area contributed by atoms with Crippen molar-refractivity contribution in [3.8, 4) is 0 Å². The van der Waals surface area contributed by atoms with Crippen molar-refractivity contribution in [3.63, 3.8) is 0 Å². The van der Waals surface area contributed by atoms with E-state index in [4.69, 9.17) is 0 Å². The molecule has 106 valence electrons. The van der Waals surface area contributed by atoms with Gasteiger partial charge < -0.3 is 15.5 Å². The van der Waals surface area contributed by atoms with Gasteiger partial charge in [-0.15, -0.1) is 0 Å². The summed E-state index contributed by atoms with van der Waals surface area (Å²) in [5.41, 5.74) is 0. The fourth-order valence-electron chi connectivity index (χ4n) is 3.89. The zero-order valence-corrected chi connectivity index (χ0v) is 11.5. The molecule has 3 unspecified atom stereocenters. The summed E-state index contributed by atoms with van der Waals surface area (Å²) in [5.74, 6) is 0.0481. The summed E-state index contributed by atoms with van der Waals surface area (Å²) in [6.45, 7) is 3.33. The summed E-state index contributed by atoms with van der Waals surface area (Å²) >= 11 is 0. The van der Waals surface area contributed by atoms with Gasteiger partial charge >= 0.3 is 0 Å². The number of carbonyl (C=O) groups is 2. The number of rotatable bonds is 3. The van der Waals surface area contributed by atoms with Crippen molar-refractivity contribution >= 4 is 11.8 Å². The molecule has 2 N–H and O–H groups in total. The van der Waals surface area contributed by atoms with Crippen LogP contribution in [0.4, 0.5) is 0 Å². The van der Waals surface area contributed by atoms with Gasteiger partial charge in [-0.05, 0) is 32.6 Å². The molecule has 3 saturated heterocycles. The van der Waals surface area contributed by atoms with Crippen LogP contribution in [-0.2, 0) is 9.59 Å². The van der Waals surface area contributed by atoms with Crippen LogP contribution in [0.3, 0.4) is 0 Å². The zero-order chi connectivity index (χ0) is 13.4. The molecule has 0 saturated carbocycles. The molecule has 3 aliphatic rings. The number of hydrogen-bond donors (Lipinski definition) is 2. The predicted molar refractivity (Wildman–Crippen MR) is 71.5 cm³/mol. The molecule has 19 heavy (non-hydrogen) atoms. The molecule has 0 radical (unpaired) electrons. The summed E-state index contributed by atoms with van der Waals surface area (Å²) in [7, 11) is 0. The highest BCUT2D eigenvalue weighted by Crippen LogP contribution is 2.30. The van der Waals surface area contributed by atoms with E-state index in [2.05, 4.69) is 10.6 Å². The van der Waals surface area contributed by atoms with E-state index in [0.717, 1.165) is 19.4 Å². The van der Waals surface area contributed by atoms with E-state index in [-0.39, 0.29) is 17.7 Å². The lowest BCUT2D eigenvalue weighted by atomic mass is 9.96. The molecule has 3 atom stereocenters. The maximum absolute atomic E-state index is 12.6. The molecule has 5 heteroatoms. The SMILES string of the molecule is CCN(C(=O)C1CNC(=O)C1)C1CC2CCC(C1)N2. The van der Waals surface area contributed by atoms with Gasteiger partial charge in [0.25, 0.3) is 0 Å². The summed E-state index contributed by atoms with van der Waals surface area (Å²) in [4.78, 5) is 25.9. The van der Waals surface area contributed by atoms with Crippen molar-refractivity contribution in [2.24, 2.45) is 5.92 Å². The smallest absolute Gasteiger partial charge is 0.228 e. The molecule has 0 aromatic carbocycles. The minimum absolute atomic E-state index is 0.0137. The van der Waals surface area contributed by atoms with Crippen molar-refractivity contribution in [2.45, 2.75) is 57.2 Å². The highest BCUT2D eigenvalue weighted by molar-refractivity contribution is 5.89. The monoisotopic (exact) mass is 265 g/mol. The first-order valence-electron chi connectivity index (χ1n) is 7.50. The third-order valence-electron chi connectivity index (χ3n) is 4.84. The molecule has 2 bridgehead atoms. The maximum Gasteiger partial charge on any atom is 0.228 e. The topological polar surface area (TPSA) is 61.4 Å². The van der Waals surface area contributed by atoms with Crippen LogP contribution in [0.15, 0.2) is 0 Å². The minimum Gasteiger partial charge on any atom is -0.355 e. The van der Waals surface area contributed by atoms with Crippen molar-refractivity contribution in [1.29, 1.82) is 0 Å². The second-order valence-corrected chi connectivity index (χ2v) is 6.09. The van der Waals surface area contributed by atoms with Gasteiger partial charge in [0.2, 0.25) is 11.8 Å². The molecule has 0 aromatic heterocycles. The molecule has 0 aliphatic carbocycles. The van der Waals surface area contributed by atoms with Gasteiger partial charge in [-0.25, -0.2) is 0 Å². The molecule has 0 spiro atoms. The van der Waals surface area contributed by atoms with Crippen molar-refractivity contribution in [1.82, 2.24) is 15.5 Å². The Morgan fingerprint density at radius 3 is 2.53 bits per heavy atom. The second-order valence-electron chi connectivity index (χ2n) is 6.09. The lowest BCUT2D eigenvalue weighted by molar-refractivity contribution is -0.138. The largest absolute Gasteiger partial charge is 0.355 e. The van der Waals surface area contributed by atoms with Crippen LogP contribution in [0, 0.1) is 5.92 Å². The Morgan fingerprint density at radius 2 is 2.00 bits per heavy atom. The quantitative estimate of drug-likeness (QED) is 0.769. The number of nitrogens with one attached hydrogen (secondary N) is 2. The summed E-state index contributed by atoms with van der Waals surface area (Å²) in [5, 5.41) is 6.37. The van der Waals surface area contributed by atoms with E-state index < -0.39 is 0 Å². The molecule has 3 heterocycles. The van der Waals surface area contributed by atoms with E-state index in [1.54, 1.807) is 0 Å². The van der Waals surface area contributed by atoms with Crippen molar-refractivity contribution in [2.75, 3.05) is 13.1 Å². The Bertz CT molecular complexity index is 373. The summed E-state index contributed by atoms with van der Waals surface area (Å²) < 4.78 is 0. The van der Waals surface area contributed by atoms with Crippen molar-refractivity contribution in [3.05, 3.63) is 0 Å². The molecule has 3 fully saturated rings. The highest BCUT2D eigenvalue weighted by Gasteiger charge is 2.39. The number of piperidine rings is 1. The third-order valence-corrected chi connectivity index (χ3v) is 4.84. The Labute approximate surface area is 114 Å². The van der Waals surface area contributed by atoms with Crippen molar-refractivity contribution < 1.29 is 9.59 Å². The lowest BCUT2D eigenvalue weighted by Crippen LogP contribution is -2.51. The molecule has 2 amide bonds. The number of carbonyl (C=O) groups excluding carboxylic acids is 2. The van der Waals surface area contributed by atoms with E-state index >= 15 is 0 Å². The van der Waals surface area contributed by atoms with Gasteiger partial charge in [0.05, 0.1) is 5.92 Å². The maximum atomic E-state index is 12.6. The number of amides is 2. The number of fused-ring (bicyclic) bond motifs is 2. The van der Waals surface area contributed by atoms with E-state index in [0.29, 0.717) is 31.1 Å². The molecule has 5 nitrogen and oxygen atoms in total. The summed E-state index contributed by atoms with van der Waals surface area (Å²) in [6, 6.07) is 1.55. The van der Waals surface area contributed by atoms with Crippen LogP contribution in [0.1, 0.15) is 39.0 Å². The molecule has 0 aromatic rings. The first-order chi connectivity index (χ1) is 9.17. The fourth-order valence-corrected chi connectivity index (χ4v) is 3.89. The first-order valence-corrected chi connectivity index (χ1v) is 7.50. The van der Waals surface area contributed by atoms with E-state index in [9.17, 15) is 9.59 Å². The molecule has 3 rings (SSSR count). The molecular formula is C14H23N3O2. The van der Waals surface area contributed by atoms with Gasteiger partial charge in [-0.3, -0.25) is 9.59 Å². The van der Waals surface area contributed by atoms with Crippen LogP contribution in [-0.4, -0.2) is 47.9 Å². The lowest BCUT2D eigenvalue weighted by Gasteiger charge is -2.38. The molecular weight excluding hydrogens is 242 g/mol. The van der Waals surface area contributed by atoms with E-state index in [1.165, 1.54) is 12.8 Å². The van der Waals surface area contributed by atoms with Gasteiger partial charge in [0.15, 0.2) is 0 Å². The average molecular weight is 265 g/mol. The Morgan fingerprint density at radius 1 is 1.32 bits per heavy atom. The average Bonchev–Trinajstić information content (AvgIpc) is 2.97. The van der Waals surface area contributed by atoms with Crippen LogP contribution >= 0.6 is 0 Å². The normalized spacial score (nSPS) is 37.2. The van der Waals surface area contributed by atoms with Crippen LogP contribution in [0.2, 0.25) is 0 Å². The molecule has 3 aliphatic heterocycles. The Balaban J connectivity index is 1.66. The second kappa shape index (κ2) is 5.12. The van der Waals surface area contributed by atoms with Crippen LogP contribution in [0.5, 0.6) is 0 Å². The fraction of sp³-hybridized carbons (Fsp3) is 0.857. The number of hydrogen-bond acceptors (Lipinski definition) is 3. The highest BCUT2D eigenvalue weighted by atomic mass is 16.2. The van der Waals surface area contributed by atoms with Crippen LogP contribution in [0.25, 0.3) is 0 Å². The third kappa shape index (κ3) is 2.48. The van der Waals surface area contributed by atoms with Gasteiger partial charge in [-0.2, -0.15) is 0 Å². The van der Waals surface area contributed by atoms with E-state index in [1.807, 2.05) is 11.8 Å². The Hall–Kier alpha value is -1.10. The number of nitrogens with zero attached hydrogens (tertiary/aromatic N) is 1. The zero-order valence-electron chi connectivity index (χ0n) is 11.5. The minimum atomic E-state index is -0.139. The standard InChI is InChI=1S/C14H23N3O2/c1-2-17(14(19)9-5-13(18)15-8-9)12-6-10-3-4-11(7-12)16-10/h9-12,16H,2-8H2,1H3,(H,15,18). The van der Waals surface area contributed by atoms with Gasteiger partial charge in [0, 0.05) is 37.6 Å². The van der Waals surface area contributed by atoms with Gasteiger partial charge in [-0.1, -0.05) is 0 Å². The Kier molecular flexibility index (Phi) is 3.48. The van der Waals surface area contributed by atoms with Gasteiger partial charge in [0.1, 0.15) is 0 Å². The predicted octanol–water partition coefficient (Wildman–Crippen LogP) is 0.254. The first kappa shape index (κ1) is 12.9. The van der Waals surface area contributed by atoms with Crippen LogP contribution < -0.4 is 10.6 Å².